The number of ether oxygens (including phenoxy) is 1. The van der Waals surface area contributed by atoms with E-state index >= 15 is 0 Å². The minimum atomic E-state index is -0.0314. The van der Waals surface area contributed by atoms with Crippen LogP contribution in [-0.4, -0.2) is 21.9 Å². The monoisotopic (exact) mass is 420 g/mol. The minimum absolute atomic E-state index is 0.0314. The van der Waals surface area contributed by atoms with Crippen LogP contribution in [0.4, 0.5) is 0 Å². The van der Waals surface area contributed by atoms with E-state index in [1.54, 1.807) is 18.5 Å². The molecule has 5 rings (SSSR count). The average Bonchev–Trinajstić information content (AvgIpc) is 3.36. The Morgan fingerprint density at radius 2 is 1.47 bits per heavy atom. The number of allylic oxidation sites excluding steroid dienone is 1. The maximum atomic E-state index is 12.6. The second kappa shape index (κ2) is 9.15. The summed E-state index contributed by atoms with van der Waals surface area (Å²) in [5.41, 5.74) is 5.41. The molecule has 0 unspecified atom stereocenters. The molecule has 1 aromatic heterocycles. The normalized spacial score (nSPS) is 14.2. The molecule has 0 bridgehead atoms. The van der Waals surface area contributed by atoms with Crippen LogP contribution in [0.5, 0.6) is 5.75 Å². The van der Waals surface area contributed by atoms with Gasteiger partial charge in [0.2, 0.25) is 0 Å². The number of fused-ring (bicyclic) bond motifs is 1. The zero-order valence-corrected chi connectivity index (χ0v) is 17.8. The first-order valence-electron chi connectivity index (χ1n) is 11.0. The summed E-state index contributed by atoms with van der Waals surface area (Å²) in [6.07, 6.45) is 11.9. The predicted octanol–water partition coefficient (Wildman–Crippen LogP) is 6.51. The van der Waals surface area contributed by atoms with Gasteiger partial charge in [-0.05, 0) is 72.7 Å². The first kappa shape index (κ1) is 20.1. The second-order valence-corrected chi connectivity index (χ2v) is 8.13. The summed E-state index contributed by atoms with van der Waals surface area (Å²) in [4.78, 5) is 21.2. The van der Waals surface area contributed by atoms with E-state index in [1.807, 2.05) is 60.7 Å². The van der Waals surface area contributed by atoms with E-state index in [0.29, 0.717) is 11.7 Å². The van der Waals surface area contributed by atoms with Gasteiger partial charge in [-0.2, -0.15) is 0 Å². The van der Waals surface area contributed by atoms with E-state index in [2.05, 4.69) is 22.1 Å². The first-order chi connectivity index (χ1) is 15.7. The Morgan fingerprint density at radius 1 is 0.812 bits per heavy atom. The smallest absolute Gasteiger partial charge is 0.185 e. The summed E-state index contributed by atoms with van der Waals surface area (Å²) in [5.74, 6) is 0.897. The molecule has 0 amide bonds. The van der Waals surface area contributed by atoms with Crippen molar-refractivity contribution in [3.05, 3.63) is 96.3 Å². The molecule has 1 fully saturated rings. The Hall–Kier alpha value is -3.79. The molecule has 158 valence electrons. The quantitative estimate of drug-likeness (QED) is 0.263. The van der Waals surface area contributed by atoms with Crippen LogP contribution in [0.2, 0.25) is 0 Å². The van der Waals surface area contributed by atoms with Gasteiger partial charge >= 0.3 is 0 Å². The third-order valence-electron chi connectivity index (χ3n) is 5.88. The molecule has 0 saturated heterocycles. The molecule has 1 aliphatic carbocycles. The Bertz CT molecular complexity index is 1250. The van der Waals surface area contributed by atoms with Crippen molar-refractivity contribution in [3.8, 4) is 16.9 Å². The van der Waals surface area contributed by atoms with Crippen molar-refractivity contribution in [2.75, 3.05) is 0 Å². The molecule has 0 atom stereocenters. The van der Waals surface area contributed by atoms with Gasteiger partial charge in [-0.15, -0.1) is 0 Å². The Balaban J connectivity index is 1.25. The van der Waals surface area contributed by atoms with Gasteiger partial charge in [-0.1, -0.05) is 48.5 Å². The van der Waals surface area contributed by atoms with Crippen LogP contribution in [0.25, 0.3) is 28.2 Å². The summed E-state index contributed by atoms with van der Waals surface area (Å²) < 4.78 is 6.04. The Labute approximate surface area is 187 Å². The topological polar surface area (TPSA) is 52.1 Å². The van der Waals surface area contributed by atoms with Crippen LogP contribution in [0.3, 0.4) is 0 Å². The molecular weight excluding hydrogens is 396 g/mol. The lowest BCUT2D eigenvalue weighted by Gasteiger charge is -2.13. The number of rotatable bonds is 6. The minimum Gasteiger partial charge on any atom is -0.490 e. The number of hydrogen-bond acceptors (Lipinski definition) is 4. The third-order valence-corrected chi connectivity index (χ3v) is 5.88. The fourth-order valence-corrected chi connectivity index (χ4v) is 4.10. The van der Waals surface area contributed by atoms with E-state index in [4.69, 9.17) is 4.74 Å². The Kier molecular flexibility index (Phi) is 5.75. The molecule has 4 nitrogen and oxygen atoms in total. The van der Waals surface area contributed by atoms with Gasteiger partial charge < -0.3 is 4.74 Å². The summed E-state index contributed by atoms with van der Waals surface area (Å²) in [5, 5.41) is 0. The molecule has 4 heteroatoms. The largest absolute Gasteiger partial charge is 0.490 e. The second-order valence-electron chi connectivity index (χ2n) is 8.13. The van der Waals surface area contributed by atoms with E-state index < -0.39 is 0 Å². The highest BCUT2D eigenvalue weighted by Gasteiger charge is 2.16. The van der Waals surface area contributed by atoms with Crippen LogP contribution >= 0.6 is 0 Å². The lowest BCUT2D eigenvalue weighted by Crippen LogP contribution is -2.10. The standard InChI is InChI=1S/C28H24N2O2/c31-28(16-6-20-5-15-26-27(19-20)30-18-17-29-26)23-9-7-21(8-10-23)22-11-13-25(14-12-22)32-24-3-1-2-4-24/h5-19,24H,1-4H2. The number of hydrogen-bond donors (Lipinski definition) is 0. The average molecular weight is 421 g/mol. The number of benzene rings is 3. The molecule has 32 heavy (non-hydrogen) atoms. The zero-order chi connectivity index (χ0) is 21.8. The van der Waals surface area contributed by atoms with Gasteiger partial charge in [0.05, 0.1) is 17.1 Å². The maximum Gasteiger partial charge on any atom is 0.185 e. The van der Waals surface area contributed by atoms with E-state index in [-0.39, 0.29) is 5.78 Å². The molecule has 0 N–H and O–H groups in total. The molecular formula is C28H24N2O2. The molecule has 0 aliphatic heterocycles. The predicted molar refractivity (Wildman–Crippen MR) is 128 cm³/mol. The van der Waals surface area contributed by atoms with Gasteiger partial charge in [-0.25, -0.2) is 0 Å². The van der Waals surface area contributed by atoms with Crippen molar-refractivity contribution >= 4 is 22.9 Å². The zero-order valence-electron chi connectivity index (χ0n) is 17.8. The highest BCUT2D eigenvalue weighted by atomic mass is 16.5. The van der Waals surface area contributed by atoms with Crippen LogP contribution in [-0.2, 0) is 0 Å². The summed E-state index contributed by atoms with van der Waals surface area (Å²) in [7, 11) is 0. The van der Waals surface area contributed by atoms with Crippen LogP contribution in [0.1, 0.15) is 41.6 Å². The number of carbonyl (C=O) groups is 1. The number of nitrogens with zero attached hydrogens (tertiary/aromatic N) is 2. The van der Waals surface area contributed by atoms with Gasteiger partial charge in [0.25, 0.3) is 0 Å². The van der Waals surface area contributed by atoms with E-state index in [9.17, 15) is 4.79 Å². The molecule has 1 heterocycles. The van der Waals surface area contributed by atoms with E-state index in [0.717, 1.165) is 46.3 Å². The number of carbonyl (C=O) groups excluding carboxylic acids is 1. The molecule has 3 aromatic carbocycles. The highest BCUT2D eigenvalue weighted by molar-refractivity contribution is 6.07. The third kappa shape index (κ3) is 4.59. The molecule has 0 spiro atoms. The van der Waals surface area contributed by atoms with Gasteiger partial charge in [0.1, 0.15) is 5.75 Å². The van der Waals surface area contributed by atoms with Gasteiger partial charge in [0, 0.05) is 18.0 Å². The molecule has 0 radical (unpaired) electrons. The van der Waals surface area contributed by atoms with Crippen LogP contribution < -0.4 is 4.74 Å². The van der Waals surface area contributed by atoms with Crippen LogP contribution in [0, 0.1) is 0 Å². The van der Waals surface area contributed by atoms with Crippen molar-refractivity contribution in [1.82, 2.24) is 9.97 Å². The Morgan fingerprint density at radius 3 is 2.19 bits per heavy atom. The molecule has 4 aromatic rings. The lowest BCUT2D eigenvalue weighted by molar-refractivity contribution is 0.104. The van der Waals surface area contributed by atoms with Crippen LogP contribution in [0.15, 0.2) is 85.2 Å². The summed E-state index contributed by atoms with van der Waals surface area (Å²) in [6.45, 7) is 0. The highest BCUT2D eigenvalue weighted by Crippen LogP contribution is 2.27. The maximum absolute atomic E-state index is 12.6. The van der Waals surface area contributed by atoms with Crippen molar-refractivity contribution in [1.29, 1.82) is 0 Å². The summed E-state index contributed by atoms with van der Waals surface area (Å²) in [6, 6.07) is 21.7. The van der Waals surface area contributed by atoms with Crippen molar-refractivity contribution in [2.24, 2.45) is 0 Å². The van der Waals surface area contributed by atoms with E-state index in [1.165, 1.54) is 12.8 Å². The van der Waals surface area contributed by atoms with Crippen molar-refractivity contribution in [2.45, 2.75) is 31.8 Å². The fraction of sp³-hybridized carbons (Fsp3) is 0.179. The molecule has 1 aliphatic rings. The SMILES string of the molecule is O=C(C=Cc1ccc2nccnc2c1)c1ccc(-c2ccc(OC3CCCC3)cc2)cc1. The van der Waals surface area contributed by atoms with Crippen molar-refractivity contribution < 1.29 is 9.53 Å². The molecule has 1 saturated carbocycles. The van der Waals surface area contributed by atoms with Gasteiger partial charge in [0.15, 0.2) is 5.78 Å². The fourth-order valence-electron chi connectivity index (χ4n) is 4.10. The lowest BCUT2D eigenvalue weighted by atomic mass is 10.0. The first-order valence-corrected chi connectivity index (χ1v) is 11.0. The van der Waals surface area contributed by atoms with Crippen molar-refractivity contribution in [3.63, 3.8) is 0 Å². The number of ketones is 1. The number of aromatic nitrogens is 2. The summed E-state index contributed by atoms with van der Waals surface area (Å²) >= 11 is 0. The van der Waals surface area contributed by atoms with Gasteiger partial charge in [-0.3, -0.25) is 14.8 Å².